The summed E-state index contributed by atoms with van der Waals surface area (Å²) in [6.45, 7) is 0. The second kappa shape index (κ2) is 7.64. The predicted molar refractivity (Wildman–Crippen MR) is 125 cm³/mol. The molecule has 0 N–H and O–H groups in total. The number of halogens is 2. The van der Waals surface area contributed by atoms with Crippen molar-refractivity contribution in [3.8, 4) is 0 Å². The summed E-state index contributed by atoms with van der Waals surface area (Å²) in [6, 6.07) is 18.1. The number of benzene rings is 3. The van der Waals surface area contributed by atoms with Crippen LogP contribution in [0.2, 0.25) is 5.02 Å². The lowest BCUT2D eigenvalue weighted by atomic mass is 9.83. The van der Waals surface area contributed by atoms with E-state index in [1.807, 2.05) is 41.4 Å². The minimum Gasteiger partial charge on any atom is -0.358 e. The Bertz CT molecular complexity index is 1370. The topological polar surface area (TPSA) is 57.7 Å². The van der Waals surface area contributed by atoms with Crippen molar-refractivity contribution in [1.82, 2.24) is 4.90 Å². The molecule has 6 rings (SSSR count). The number of amides is 2. The summed E-state index contributed by atoms with van der Waals surface area (Å²) in [5.74, 6) is -3.16. The van der Waals surface area contributed by atoms with Gasteiger partial charge in [0.05, 0.1) is 23.6 Å². The summed E-state index contributed by atoms with van der Waals surface area (Å²) in [7, 11) is 0. The first-order chi connectivity index (χ1) is 16.5. The molecule has 2 saturated heterocycles. The quantitative estimate of drug-likeness (QED) is 0.403. The molecule has 2 amide bonds. The average molecular weight is 473 g/mol. The number of nitrogens with zero attached hydrogens (tertiary/aromatic N) is 2. The molecule has 3 aromatic carbocycles. The summed E-state index contributed by atoms with van der Waals surface area (Å²) in [4.78, 5) is 44.2. The van der Waals surface area contributed by atoms with Gasteiger partial charge in [-0.15, -0.1) is 0 Å². The van der Waals surface area contributed by atoms with Crippen molar-refractivity contribution in [2.75, 3.05) is 4.90 Å². The third-order valence-electron chi connectivity index (χ3n) is 6.94. The predicted octanol–water partition coefficient (Wildman–Crippen LogP) is 4.88. The molecular formula is C27H18ClFN2O3. The van der Waals surface area contributed by atoms with Gasteiger partial charge in [-0.25, -0.2) is 9.29 Å². The van der Waals surface area contributed by atoms with E-state index in [4.69, 9.17) is 11.6 Å². The molecule has 4 atom stereocenters. The second-order valence-corrected chi connectivity index (χ2v) is 9.13. The molecule has 3 aliphatic rings. The summed E-state index contributed by atoms with van der Waals surface area (Å²) in [5.41, 5.74) is 2.56. The van der Waals surface area contributed by atoms with Crippen molar-refractivity contribution in [1.29, 1.82) is 0 Å². The molecule has 0 radical (unpaired) electrons. The standard InChI is InChI=1S/C27H18ClFN2O3/c28-17-7-5-16(6-8-17)25(32)24-22-21(23-20-4-2-1-3-15(20)13-14-30(23)24)26(33)31(27(22)34)19-11-9-18(29)10-12-19/h1-14,21-24H/t21-,22+,23?,24-/m0/s1. The van der Waals surface area contributed by atoms with Crippen molar-refractivity contribution in [2.24, 2.45) is 11.8 Å². The number of rotatable bonds is 3. The van der Waals surface area contributed by atoms with Gasteiger partial charge in [0.15, 0.2) is 5.78 Å². The van der Waals surface area contributed by atoms with Gasteiger partial charge in [0.1, 0.15) is 11.9 Å². The van der Waals surface area contributed by atoms with Crippen LogP contribution in [-0.4, -0.2) is 28.5 Å². The van der Waals surface area contributed by atoms with Gasteiger partial charge in [0.25, 0.3) is 0 Å². The third kappa shape index (κ3) is 2.95. The summed E-state index contributed by atoms with van der Waals surface area (Å²) < 4.78 is 13.5. The van der Waals surface area contributed by atoms with Crippen LogP contribution in [0.5, 0.6) is 0 Å². The van der Waals surface area contributed by atoms with Gasteiger partial charge in [-0.05, 0) is 65.7 Å². The first-order valence-corrected chi connectivity index (χ1v) is 11.3. The number of carbonyl (C=O) groups is 3. The molecule has 1 unspecified atom stereocenters. The highest BCUT2D eigenvalue weighted by atomic mass is 35.5. The Morgan fingerprint density at radius 3 is 2.26 bits per heavy atom. The normalized spacial score (nSPS) is 24.8. The Hall–Kier alpha value is -3.77. The van der Waals surface area contributed by atoms with Crippen LogP contribution >= 0.6 is 11.6 Å². The molecule has 0 aromatic heterocycles. The zero-order chi connectivity index (χ0) is 23.6. The lowest BCUT2D eigenvalue weighted by Gasteiger charge is -2.35. The highest BCUT2D eigenvalue weighted by Gasteiger charge is 2.64. The van der Waals surface area contributed by atoms with Crippen LogP contribution in [0.4, 0.5) is 10.1 Å². The van der Waals surface area contributed by atoms with Gasteiger partial charge in [0.2, 0.25) is 11.8 Å². The van der Waals surface area contributed by atoms with Gasteiger partial charge >= 0.3 is 0 Å². The van der Waals surface area contributed by atoms with Crippen LogP contribution < -0.4 is 4.90 Å². The Labute approximate surface area is 200 Å². The SMILES string of the molecule is O=C(c1ccc(Cl)cc1)[C@@H]1[C@@H]2C(=O)N(c3ccc(F)cc3)C(=O)[C@@H]2C2c3ccccc3C=CN21. The van der Waals surface area contributed by atoms with Crippen molar-refractivity contribution in [2.45, 2.75) is 12.1 Å². The van der Waals surface area contributed by atoms with Gasteiger partial charge in [-0.3, -0.25) is 14.4 Å². The fraction of sp³-hybridized carbons (Fsp3) is 0.148. The molecule has 0 saturated carbocycles. The fourth-order valence-electron chi connectivity index (χ4n) is 5.49. The van der Waals surface area contributed by atoms with E-state index < -0.39 is 35.6 Å². The van der Waals surface area contributed by atoms with Gasteiger partial charge in [-0.1, -0.05) is 35.9 Å². The first-order valence-electron chi connectivity index (χ1n) is 10.9. The van der Waals surface area contributed by atoms with E-state index in [9.17, 15) is 18.8 Å². The Morgan fingerprint density at radius 2 is 1.53 bits per heavy atom. The number of hydrogen-bond donors (Lipinski definition) is 0. The number of hydrogen-bond acceptors (Lipinski definition) is 4. The molecule has 3 aliphatic heterocycles. The molecule has 0 spiro atoms. The summed E-state index contributed by atoms with van der Waals surface area (Å²) in [5, 5.41) is 0.500. The Morgan fingerprint density at radius 1 is 0.853 bits per heavy atom. The number of imide groups is 1. The smallest absolute Gasteiger partial charge is 0.240 e. The van der Waals surface area contributed by atoms with Crippen molar-refractivity contribution < 1.29 is 18.8 Å². The van der Waals surface area contributed by atoms with E-state index >= 15 is 0 Å². The second-order valence-electron chi connectivity index (χ2n) is 8.69. The minimum atomic E-state index is -0.874. The maximum atomic E-state index is 13.8. The van der Waals surface area contributed by atoms with Crippen LogP contribution in [0.1, 0.15) is 27.5 Å². The van der Waals surface area contributed by atoms with Gasteiger partial charge < -0.3 is 4.90 Å². The molecule has 34 heavy (non-hydrogen) atoms. The number of anilines is 1. The zero-order valence-corrected chi connectivity index (χ0v) is 18.5. The Balaban J connectivity index is 1.49. The number of carbonyl (C=O) groups excluding carboxylic acids is 3. The monoisotopic (exact) mass is 472 g/mol. The maximum absolute atomic E-state index is 13.8. The van der Waals surface area contributed by atoms with Crippen LogP contribution in [0.3, 0.4) is 0 Å². The van der Waals surface area contributed by atoms with E-state index in [1.54, 1.807) is 24.3 Å². The van der Waals surface area contributed by atoms with E-state index in [1.165, 1.54) is 24.3 Å². The average Bonchev–Trinajstić information content (AvgIpc) is 3.32. The summed E-state index contributed by atoms with van der Waals surface area (Å²) >= 11 is 6.01. The Kier molecular flexibility index (Phi) is 4.67. The van der Waals surface area contributed by atoms with Crippen LogP contribution in [0, 0.1) is 17.7 Å². The van der Waals surface area contributed by atoms with Crippen LogP contribution in [-0.2, 0) is 9.59 Å². The fourth-order valence-corrected chi connectivity index (χ4v) is 5.61. The molecule has 0 aliphatic carbocycles. The maximum Gasteiger partial charge on any atom is 0.240 e. The third-order valence-corrected chi connectivity index (χ3v) is 7.20. The molecule has 0 bridgehead atoms. The minimum absolute atomic E-state index is 0.250. The summed E-state index contributed by atoms with van der Waals surface area (Å²) in [6.07, 6.45) is 3.72. The molecule has 7 heteroatoms. The van der Waals surface area contributed by atoms with E-state index in [2.05, 4.69) is 0 Å². The van der Waals surface area contributed by atoms with Crippen molar-refractivity contribution in [3.05, 3.63) is 107 Å². The van der Waals surface area contributed by atoms with E-state index in [0.717, 1.165) is 16.0 Å². The highest BCUT2D eigenvalue weighted by Crippen LogP contribution is 2.53. The molecular weight excluding hydrogens is 455 g/mol. The molecule has 5 nitrogen and oxygen atoms in total. The van der Waals surface area contributed by atoms with Gasteiger partial charge in [0, 0.05) is 16.8 Å². The zero-order valence-electron chi connectivity index (χ0n) is 17.8. The number of fused-ring (bicyclic) bond motifs is 5. The molecule has 3 heterocycles. The number of ketones is 1. The van der Waals surface area contributed by atoms with Gasteiger partial charge in [-0.2, -0.15) is 0 Å². The molecule has 3 aromatic rings. The highest BCUT2D eigenvalue weighted by molar-refractivity contribution is 6.30. The molecule has 168 valence electrons. The van der Waals surface area contributed by atoms with E-state index in [-0.39, 0.29) is 11.7 Å². The molecule has 2 fully saturated rings. The van der Waals surface area contributed by atoms with Crippen molar-refractivity contribution in [3.63, 3.8) is 0 Å². The van der Waals surface area contributed by atoms with Crippen LogP contribution in [0.15, 0.2) is 79.0 Å². The lowest BCUT2D eigenvalue weighted by Crippen LogP contribution is -2.44. The van der Waals surface area contributed by atoms with E-state index in [0.29, 0.717) is 16.3 Å². The van der Waals surface area contributed by atoms with Crippen molar-refractivity contribution >= 4 is 41.0 Å². The largest absolute Gasteiger partial charge is 0.358 e. The lowest BCUT2D eigenvalue weighted by molar-refractivity contribution is -0.123. The number of Topliss-reactive ketones (excluding diaryl/α,β-unsaturated/α-hetero) is 1. The first kappa shape index (κ1) is 20.8. The van der Waals surface area contributed by atoms with Crippen LogP contribution in [0.25, 0.3) is 6.08 Å².